The highest BCUT2D eigenvalue weighted by atomic mass is 16.3. The van der Waals surface area contributed by atoms with E-state index in [0.29, 0.717) is 6.54 Å². The van der Waals surface area contributed by atoms with Gasteiger partial charge in [-0.2, -0.15) is 5.10 Å². The van der Waals surface area contributed by atoms with Crippen molar-refractivity contribution in [2.45, 2.75) is 20.0 Å². The number of nitrogens with zero attached hydrogens (tertiary/aromatic N) is 2. The molecule has 0 aliphatic carbocycles. The van der Waals surface area contributed by atoms with Crippen molar-refractivity contribution < 1.29 is 9.21 Å². The van der Waals surface area contributed by atoms with Gasteiger partial charge in [0.25, 0.3) is 0 Å². The lowest BCUT2D eigenvalue weighted by molar-refractivity contribution is -0.122. The van der Waals surface area contributed by atoms with Crippen molar-refractivity contribution in [1.82, 2.24) is 15.1 Å². The lowest BCUT2D eigenvalue weighted by atomic mass is 10.4. The van der Waals surface area contributed by atoms with Crippen molar-refractivity contribution in [1.29, 1.82) is 0 Å². The molecule has 2 heterocycles. The molecule has 0 fully saturated rings. The summed E-state index contributed by atoms with van der Waals surface area (Å²) < 4.78 is 6.76. The topological polar surface area (TPSA) is 60.1 Å². The maximum absolute atomic E-state index is 11.5. The van der Waals surface area contributed by atoms with E-state index in [1.807, 2.05) is 19.1 Å². The predicted molar refractivity (Wildman–Crippen MR) is 57.5 cm³/mol. The molecule has 0 aromatic carbocycles. The van der Waals surface area contributed by atoms with E-state index in [0.717, 1.165) is 11.5 Å². The van der Waals surface area contributed by atoms with Crippen LogP contribution in [0.2, 0.25) is 0 Å². The Morgan fingerprint density at radius 1 is 1.56 bits per heavy atom. The number of nitrogens with one attached hydrogen (secondary N) is 1. The minimum Gasteiger partial charge on any atom is -0.467 e. The van der Waals surface area contributed by atoms with E-state index in [-0.39, 0.29) is 12.5 Å². The number of furan rings is 1. The van der Waals surface area contributed by atoms with E-state index < -0.39 is 0 Å². The molecular formula is C11H13N3O2. The van der Waals surface area contributed by atoms with E-state index in [1.165, 1.54) is 0 Å². The van der Waals surface area contributed by atoms with Crippen LogP contribution in [-0.4, -0.2) is 15.7 Å². The van der Waals surface area contributed by atoms with Crippen LogP contribution in [0.15, 0.2) is 35.1 Å². The normalized spacial score (nSPS) is 10.3. The molecule has 0 bridgehead atoms. The molecule has 0 saturated carbocycles. The third-order valence-corrected chi connectivity index (χ3v) is 2.26. The highest BCUT2D eigenvalue weighted by Gasteiger charge is 2.05. The molecule has 2 rings (SSSR count). The summed E-state index contributed by atoms with van der Waals surface area (Å²) >= 11 is 0. The summed E-state index contributed by atoms with van der Waals surface area (Å²) in [7, 11) is 0. The number of carbonyl (C=O) groups is 1. The van der Waals surface area contributed by atoms with Gasteiger partial charge in [0.05, 0.1) is 12.8 Å². The van der Waals surface area contributed by atoms with Crippen LogP contribution < -0.4 is 5.32 Å². The molecule has 0 atom stereocenters. The fourth-order valence-electron chi connectivity index (χ4n) is 1.36. The Labute approximate surface area is 93.1 Å². The number of aryl methyl sites for hydroxylation is 1. The zero-order valence-corrected chi connectivity index (χ0v) is 9.01. The van der Waals surface area contributed by atoms with Gasteiger partial charge in [-0.15, -0.1) is 0 Å². The average Bonchev–Trinajstić information content (AvgIpc) is 2.88. The van der Waals surface area contributed by atoms with Crippen LogP contribution in [0.1, 0.15) is 11.5 Å². The second kappa shape index (κ2) is 4.65. The van der Waals surface area contributed by atoms with E-state index in [2.05, 4.69) is 10.4 Å². The van der Waals surface area contributed by atoms with Gasteiger partial charge in [-0.25, -0.2) is 0 Å². The van der Waals surface area contributed by atoms with Gasteiger partial charge in [0.2, 0.25) is 5.91 Å². The lowest BCUT2D eigenvalue weighted by Gasteiger charge is -2.05. The van der Waals surface area contributed by atoms with Gasteiger partial charge in [-0.05, 0) is 25.1 Å². The van der Waals surface area contributed by atoms with Crippen molar-refractivity contribution in [3.8, 4) is 0 Å². The highest BCUT2D eigenvalue weighted by Crippen LogP contribution is 1.99. The Bertz CT molecular complexity index is 459. The summed E-state index contributed by atoms with van der Waals surface area (Å²) in [4.78, 5) is 11.5. The lowest BCUT2D eigenvalue weighted by Crippen LogP contribution is -2.27. The van der Waals surface area contributed by atoms with Gasteiger partial charge in [0, 0.05) is 11.9 Å². The third kappa shape index (κ3) is 2.50. The number of aromatic nitrogens is 2. The summed E-state index contributed by atoms with van der Waals surface area (Å²) in [6, 6.07) is 5.47. The van der Waals surface area contributed by atoms with E-state index in [4.69, 9.17) is 4.42 Å². The zero-order valence-electron chi connectivity index (χ0n) is 9.01. The Balaban J connectivity index is 1.83. The Hall–Kier alpha value is -2.04. The first-order valence-electron chi connectivity index (χ1n) is 5.03. The molecule has 1 amide bonds. The molecule has 0 aliphatic rings. The van der Waals surface area contributed by atoms with Gasteiger partial charge in [-0.1, -0.05) is 0 Å². The molecule has 0 unspecified atom stereocenters. The first-order chi connectivity index (χ1) is 7.75. The summed E-state index contributed by atoms with van der Waals surface area (Å²) in [6.07, 6.45) is 3.26. The maximum Gasteiger partial charge on any atom is 0.242 e. The predicted octanol–water partition coefficient (Wildman–Crippen LogP) is 1.10. The SMILES string of the molecule is Cc1ccnn1CC(=O)NCc1ccco1. The van der Waals surface area contributed by atoms with Crippen LogP contribution in [-0.2, 0) is 17.9 Å². The van der Waals surface area contributed by atoms with E-state index >= 15 is 0 Å². The van der Waals surface area contributed by atoms with Crippen molar-refractivity contribution in [2.24, 2.45) is 0 Å². The van der Waals surface area contributed by atoms with Crippen LogP contribution in [0.3, 0.4) is 0 Å². The molecule has 1 N–H and O–H groups in total. The van der Waals surface area contributed by atoms with E-state index in [1.54, 1.807) is 23.2 Å². The van der Waals surface area contributed by atoms with Gasteiger partial charge in [-0.3, -0.25) is 9.48 Å². The van der Waals surface area contributed by atoms with Gasteiger partial charge in [0.15, 0.2) is 0 Å². The Morgan fingerprint density at radius 3 is 3.06 bits per heavy atom. The fourth-order valence-corrected chi connectivity index (χ4v) is 1.36. The van der Waals surface area contributed by atoms with Crippen LogP contribution in [0.5, 0.6) is 0 Å². The minimum absolute atomic E-state index is 0.0804. The Kier molecular flexibility index (Phi) is 3.05. The maximum atomic E-state index is 11.5. The molecule has 2 aromatic heterocycles. The van der Waals surface area contributed by atoms with Crippen LogP contribution in [0.4, 0.5) is 0 Å². The van der Waals surface area contributed by atoms with Gasteiger partial charge < -0.3 is 9.73 Å². The van der Waals surface area contributed by atoms with Crippen molar-refractivity contribution in [2.75, 3.05) is 0 Å². The first-order valence-corrected chi connectivity index (χ1v) is 5.03. The molecule has 0 radical (unpaired) electrons. The number of amides is 1. The minimum atomic E-state index is -0.0804. The molecule has 0 saturated heterocycles. The summed E-state index contributed by atoms with van der Waals surface area (Å²) in [5.41, 5.74) is 0.966. The average molecular weight is 219 g/mol. The molecule has 5 nitrogen and oxygen atoms in total. The summed E-state index contributed by atoms with van der Waals surface area (Å²) in [5.74, 6) is 0.661. The van der Waals surface area contributed by atoms with Crippen molar-refractivity contribution >= 4 is 5.91 Å². The number of hydrogen-bond donors (Lipinski definition) is 1. The van der Waals surface area contributed by atoms with Crippen LogP contribution in [0, 0.1) is 6.92 Å². The second-order valence-corrected chi connectivity index (χ2v) is 3.49. The van der Waals surface area contributed by atoms with Crippen LogP contribution >= 0.6 is 0 Å². The van der Waals surface area contributed by atoms with Crippen LogP contribution in [0.25, 0.3) is 0 Å². The molecule has 0 spiro atoms. The molecule has 5 heteroatoms. The van der Waals surface area contributed by atoms with Gasteiger partial charge in [0.1, 0.15) is 12.3 Å². The largest absolute Gasteiger partial charge is 0.467 e. The Morgan fingerprint density at radius 2 is 2.44 bits per heavy atom. The molecule has 0 aliphatic heterocycles. The summed E-state index contributed by atoms with van der Waals surface area (Å²) in [5, 5.41) is 6.79. The standard InChI is InChI=1S/C11H13N3O2/c1-9-4-5-13-14(9)8-11(15)12-7-10-3-2-6-16-10/h2-6H,7-8H2,1H3,(H,12,15). The number of carbonyl (C=O) groups excluding carboxylic acids is 1. The van der Waals surface area contributed by atoms with E-state index in [9.17, 15) is 4.79 Å². The van der Waals surface area contributed by atoms with Gasteiger partial charge >= 0.3 is 0 Å². The smallest absolute Gasteiger partial charge is 0.242 e. The molecular weight excluding hydrogens is 206 g/mol. The number of hydrogen-bond acceptors (Lipinski definition) is 3. The quantitative estimate of drug-likeness (QED) is 0.837. The zero-order chi connectivity index (χ0) is 11.4. The van der Waals surface area contributed by atoms with Crippen molar-refractivity contribution in [3.63, 3.8) is 0 Å². The molecule has 84 valence electrons. The van der Waals surface area contributed by atoms with Crippen molar-refractivity contribution in [3.05, 3.63) is 42.1 Å². The summed E-state index contributed by atoms with van der Waals surface area (Å²) in [6.45, 7) is 2.55. The highest BCUT2D eigenvalue weighted by molar-refractivity contribution is 5.75. The molecule has 16 heavy (non-hydrogen) atoms. The second-order valence-electron chi connectivity index (χ2n) is 3.49. The third-order valence-electron chi connectivity index (χ3n) is 2.26. The fraction of sp³-hybridized carbons (Fsp3) is 0.273. The first kappa shape index (κ1) is 10.5. The monoisotopic (exact) mass is 219 g/mol. The molecule has 2 aromatic rings. The number of rotatable bonds is 4.